The Kier molecular flexibility index (Phi) is 5.82. The first kappa shape index (κ1) is 24.2. The maximum Gasteiger partial charge on any atom is 0.136 e. The predicted octanol–water partition coefficient (Wildman–Crippen LogP) is 11.5. The molecule has 0 bridgehead atoms. The highest BCUT2D eigenvalue weighted by Crippen LogP contribution is 2.41. The quantitative estimate of drug-likeness (QED) is 0.217. The molecule has 0 aliphatic rings. The van der Waals surface area contributed by atoms with Gasteiger partial charge in [-0.15, -0.1) is 0 Å². The first-order chi connectivity index (χ1) is 20.8. The molecule has 1 heterocycles. The number of benzene rings is 7. The Labute approximate surface area is 244 Å². The number of rotatable bonds is 5. The van der Waals surface area contributed by atoms with Gasteiger partial charge in [0.25, 0.3) is 0 Å². The third-order valence-corrected chi connectivity index (χ3v) is 8.05. The minimum Gasteiger partial charge on any atom is -0.456 e. The van der Waals surface area contributed by atoms with E-state index >= 15 is 0 Å². The first-order valence-corrected chi connectivity index (χ1v) is 14.3. The summed E-state index contributed by atoms with van der Waals surface area (Å²) in [7, 11) is 0. The van der Waals surface area contributed by atoms with Gasteiger partial charge < -0.3 is 9.32 Å². The van der Waals surface area contributed by atoms with Crippen molar-refractivity contribution in [3.63, 3.8) is 0 Å². The van der Waals surface area contributed by atoms with Gasteiger partial charge in [-0.25, -0.2) is 0 Å². The average Bonchev–Trinajstić information content (AvgIpc) is 3.44. The standard InChI is InChI=1S/C40H27NO/c1-4-12-29(13-5-1)36-27-39-40(35-19-11-10-18-34(35)36)37-26-30(22-25-38(37)42-39)28-20-23-33(24-21-28)41(31-14-6-2-7-15-31)32-16-8-3-9-17-32/h1-27H. The number of furan rings is 1. The molecule has 0 aliphatic carbocycles. The maximum absolute atomic E-state index is 6.46. The Morgan fingerprint density at radius 1 is 0.357 bits per heavy atom. The Morgan fingerprint density at radius 2 is 0.905 bits per heavy atom. The average molecular weight is 538 g/mol. The van der Waals surface area contributed by atoms with Crippen LogP contribution in [-0.2, 0) is 0 Å². The Hall–Kier alpha value is -5.60. The van der Waals surface area contributed by atoms with Gasteiger partial charge in [0.05, 0.1) is 0 Å². The molecule has 0 saturated carbocycles. The van der Waals surface area contributed by atoms with Crippen molar-refractivity contribution >= 4 is 49.8 Å². The predicted molar refractivity (Wildman–Crippen MR) is 177 cm³/mol. The van der Waals surface area contributed by atoms with Gasteiger partial charge in [0.2, 0.25) is 0 Å². The Balaban J connectivity index is 1.24. The fraction of sp³-hybridized carbons (Fsp3) is 0. The van der Waals surface area contributed by atoms with E-state index in [4.69, 9.17) is 4.42 Å². The van der Waals surface area contributed by atoms with Gasteiger partial charge in [0, 0.05) is 27.8 Å². The lowest BCUT2D eigenvalue weighted by Gasteiger charge is -2.25. The zero-order valence-electron chi connectivity index (χ0n) is 22.9. The molecule has 8 rings (SSSR count). The van der Waals surface area contributed by atoms with Crippen LogP contribution < -0.4 is 4.90 Å². The summed E-state index contributed by atoms with van der Waals surface area (Å²) < 4.78 is 6.46. The topological polar surface area (TPSA) is 16.4 Å². The van der Waals surface area contributed by atoms with Gasteiger partial charge >= 0.3 is 0 Å². The lowest BCUT2D eigenvalue weighted by Crippen LogP contribution is -2.09. The molecule has 2 nitrogen and oxygen atoms in total. The van der Waals surface area contributed by atoms with Crippen LogP contribution in [0, 0.1) is 0 Å². The van der Waals surface area contributed by atoms with Crippen LogP contribution in [0.5, 0.6) is 0 Å². The summed E-state index contributed by atoms with van der Waals surface area (Å²) in [4.78, 5) is 2.28. The minimum atomic E-state index is 0.903. The van der Waals surface area contributed by atoms with Crippen LogP contribution in [-0.4, -0.2) is 0 Å². The number of para-hydroxylation sites is 2. The fourth-order valence-corrected chi connectivity index (χ4v) is 6.08. The molecule has 0 N–H and O–H groups in total. The molecule has 0 spiro atoms. The number of nitrogens with zero attached hydrogens (tertiary/aromatic N) is 1. The van der Waals surface area contributed by atoms with Crippen LogP contribution in [0.1, 0.15) is 0 Å². The normalized spacial score (nSPS) is 11.3. The molecule has 0 atom stereocenters. The molecule has 0 unspecified atom stereocenters. The second-order valence-electron chi connectivity index (χ2n) is 10.6. The van der Waals surface area contributed by atoms with Crippen LogP contribution in [0.4, 0.5) is 17.1 Å². The zero-order chi connectivity index (χ0) is 27.9. The molecule has 0 fully saturated rings. The van der Waals surface area contributed by atoms with Crippen molar-refractivity contribution in [3.05, 3.63) is 164 Å². The first-order valence-electron chi connectivity index (χ1n) is 14.3. The second-order valence-corrected chi connectivity index (χ2v) is 10.6. The molecular formula is C40H27NO. The summed E-state index contributed by atoms with van der Waals surface area (Å²) in [6.07, 6.45) is 0. The van der Waals surface area contributed by atoms with Gasteiger partial charge in [-0.05, 0) is 87.6 Å². The molecular weight excluding hydrogens is 510 g/mol. The summed E-state index contributed by atoms with van der Waals surface area (Å²) in [5.74, 6) is 0. The van der Waals surface area contributed by atoms with Gasteiger partial charge in [-0.1, -0.05) is 109 Å². The van der Waals surface area contributed by atoms with Crippen molar-refractivity contribution in [3.8, 4) is 22.3 Å². The second kappa shape index (κ2) is 10.1. The van der Waals surface area contributed by atoms with Crippen LogP contribution in [0.25, 0.3) is 55.0 Å². The fourth-order valence-electron chi connectivity index (χ4n) is 6.08. The molecule has 0 radical (unpaired) electrons. The van der Waals surface area contributed by atoms with Crippen molar-refractivity contribution in [1.82, 2.24) is 0 Å². The van der Waals surface area contributed by atoms with Gasteiger partial charge in [0.1, 0.15) is 11.2 Å². The molecule has 198 valence electrons. The monoisotopic (exact) mass is 537 g/mol. The number of fused-ring (bicyclic) bond motifs is 5. The van der Waals surface area contributed by atoms with E-state index in [0.717, 1.165) is 39.0 Å². The molecule has 0 amide bonds. The molecule has 1 aromatic heterocycles. The lowest BCUT2D eigenvalue weighted by atomic mass is 9.94. The van der Waals surface area contributed by atoms with E-state index < -0.39 is 0 Å². The molecule has 7 aromatic carbocycles. The summed E-state index contributed by atoms with van der Waals surface area (Å²) in [6, 6.07) is 57.8. The molecule has 42 heavy (non-hydrogen) atoms. The van der Waals surface area contributed by atoms with E-state index in [1.807, 2.05) is 0 Å². The van der Waals surface area contributed by atoms with Crippen molar-refractivity contribution < 1.29 is 4.42 Å². The molecule has 2 heteroatoms. The number of hydrogen-bond donors (Lipinski definition) is 0. The minimum absolute atomic E-state index is 0.903. The van der Waals surface area contributed by atoms with E-state index in [9.17, 15) is 0 Å². The van der Waals surface area contributed by atoms with Crippen molar-refractivity contribution in [2.24, 2.45) is 0 Å². The molecule has 0 aliphatic heterocycles. The largest absolute Gasteiger partial charge is 0.456 e. The smallest absolute Gasteiger partial charge is 0.136 e. The summed E-state index contributed by atoms with van der Waals surface area (Å²) in [5, 5.41) is 4.74. The molecule has 8 aromatic rings. The SMILES string of the molecule is c1ccc(-c2cc3oc4ccc(-c5ccc(N(c6ccccc6)c6ccccc6)cc5)cc4c3c3ccccc23)cc1. The van der Waals surface area contributed by atoms with Gasteiger partial charge in [-0.2, -0.15) is 0 Å². The number of hydrogen-bond acceptors (Lipinski definition) is 2. The third-order valence-electron chi connectivity index (χ3n) is 8.05. The maximum atomic E-state index is 6.46. The summed E-state index contributed by atoms with van der Waals surface area (Å²) >= 11 is 0. The van der Waals surface area contributed by atoms with Crippen molar-refractivity contribution in [2.75, 3.05) is 4.90 Å². The van der Waals surface area contributed by atoms with E-state index in [1.54, 1.807) is 0 Å². The van der Waals surface area contributed by atoms with Crippen LogP contribution >= 0.6 is 0 Å². The van der Waals surface area contributed by atoms with Crippen LogP contribution in [0.2, 0.25) is 0 Å². The zero-order valence-corrected chi connectivity index (χ0v) is 22.9. The van der Waals surface area contributed by atoms with E-state index in [0.29, 0.717) is 0 Å². The van der Waals surface area contributed by atoms with Gasteiger partial charge in [0.15, 0.2) is 0 Å². The summed E-state index contributed by atoms with van der Waals surface area (Å²) in [6.45, 7) is 0. The third kappa shape index (κ3) is 4.13. The van der Waals surface area contributed by atoms with Crippen molar-refractivity contribution in [2.45, 2.75) is 0 Å². The van der Waals surface area contributed by atoms with Gasteiger partial charge in [-0.3, -0.25) is 0 Å². The van der Waals surface area contributed by atoms with Crippen molar-refractivity contribution in [1.29, 1.82) is 0 Å². The molecule has 0 saturated heterocycles. The highest BCUT2D eigenvalue weighted by molar-refractivity contribution is 6.22. The van der Waals surface area contributed by atoms with E-state index in [2.05, 4.69) is 169 Å². The lowest BCUT2D eigenvalue weighted by molar-refractivity contribution is 0.669. The van der Waals surface area contributed by atoms with E-state index in [-0.39, 0.29) is 0 Å². The Morgan fingerprint density at radius 3 is 1.57 bits per heavy atom. The number of anilines is 3. The Bertz CT molecular complexity index is 2120. The highest BCUT2D eigenvalue weighted by Gasteiger charge is 2.16. The summed E-state index contributed by atoms with van der Waals surface area (Å²) in [5.41, 5.74) is 9.91. The van der Waals surface area contributed by atoms with Crippen LogP contribution in [0.3, 0.4) is 0 Å². The van der Waals surface area contributed by atoms with Crippen LogP contribution in [0.15, 0.2) is 168 Å². The van der Waals surface area contributed by atoms with E-state index in [1.165, 1.54) is 33.0 Å². The highest BCUT2D eigenvalue weighted by atomic mass is 16.3.